The van der Waals surface area contributed by atoms with Crippen LogP contribution in [0, 0.1) is 5.92 Å². The van der Waals surface area contributed by atoms with Crippen LogP contribution >= 0.6 is 0 Å². The van der Waals surface area contributed by atoms with Crippen molar-refractivity contribution in [2.45, 2.75) is 32.6 Å². The number of rotatable bonds is 8. The van der Waals surface area contributed by atoms with E-state index in [-0.39, 0.29) is 43.1 Å². The highest BCUT2D eigenvalue weighted by molar-refractivity contribution is 5.85. The summed E-state index contributed by atoms with van der Waals surface area (Å²) in [6.07, 6.45) is 5.15. The number of piperidine rings is 1. The standard InChI is InChI=1S/C21H27N5O5/c1-3-30-21(29)16-5-4-12-26(13-16)19(28)14-25(2)18(27)7-6-17-23-20(24-31-17)15-8-10-22-11-9-15/h8-11,16H,3-7,12-14H2,1-2H3. The fourth-order valence-electron chi connectivity index (χ4n) is 3.43. The second-order valence-electron chi connectivity index (χ2n) is 7.43. The highest BCUT2D eigenvalue weighted by Gasteiger charge is 2.30. The lowest BCUT2D eigenvalue weighted by Gasteiger charge is -2.32. The minimum absolute atomic E-state index is 0.0412. The fraction of sp³-hybridized carbons (Fsp3) is 0.524. The molecule has 0 N–H and O–H groups in total. The Morgan fingerprint density at radius 3 is 2.81 bits per heavy atom. The number of carbonyl (C=O) groups is 3. The van der Waals surface area contributed by atoms with Crippen molar-refractivity contribution >= 4 is 17.8 Å². The first-order valence-electron chi connectivity index (χ1n) is 10.4. The van der Waals surface area contributed by atoms with Gasteiger partial charge in [-0.3, -0.25) is 19.4 Å². The van der Waals surface area contributed by atoms with Gasteiger partial charge in [-0.15, -0.1) is 0 Å². The molecule has 2 amide bonds. The van der Waals surface area contributed by atoms with Gasteiger partial charge in [-0.2, -0.15) is 4.98 Å². The Kier molecular flexibility index (Phi) is 7.69. The largest absolute Gasteiger partial charge is 0.466 e. The van der Waals surface area contributed by atoms with Crippen LogP contribution in [0.2, 0.25) is 0 Å². The van der Waals surface area contributed by atoms with E-state index >= 15 is 0 Å². The van der Waals surface area contributed by atoms with Crippen molar-refractivity contribution in [1.29, 1.82) is 0 Å². The Morgan fingerprint density at radius 2 is 2.06 bits per heavy atom. The smallest absolute Gasteiger partial charge is 0.310 e. The minimum atomic E-state index is -0.300. The maximum Gasteiger partial charge on any atom is 0.310 e. The SMILES string of the molecule is CCOC(=O)C1CCCN(C(=O)CN(C)C(=O)CCc2nc(-c3ccncc3)no2)C1. The van der Waals surface area contributed by atoms with E-state index in [1.807, 2.05) is 0 Å². The summed E-state index contributed by atoms with van der Waals surface area (Å²) in [5.74, 6) is -0.151. The molecule has 0 radical (unpaired) electrons. The van der Waals surface area contributed by atoms with E-state index in [0.29, 0.717) is 37.8 Å². The molecule has 0 saturated carbocycles. The third-order valence-electron chi connectivity index (χ3n) is 5.15. The van der Waals surface area contributed by atoms with Gasteiger partial charge >= 0.3 is 5.97 Å². The highest BCUT2D eigenvalue weighted by Crippen LogP contribution is 2.18. The molecule has 0 aromatic carbocycles. The number of hydrogen-bond donors (Lipinski definition) is 0. The van der Waals surface area contributed by atoms with Gasteiger partial charge in [-0.05, 0) is 31.9 Å². The van der Waals surface area contributed by atoms with Crippen molar-refractivity contribution in [2.75, 3.05) is 33.3 Å². The first-order valence-corrected chi connectivity index (χ1v) is 10.4. The Labute approximate surface area is 180 Å². The normalized spacial score (nSPS) is 16.1. The third kappa shape index (κ3) is 6.09. The lowest BCUT2D eigenvalue weighted by Crippen LogP contribution is -2.47. The number of pyridine rings is 1. The van der Waals surface area contributed by atoms with Crippen molar-refractivity contribution in [2.24, 2.45) is 5.92 Å². The zero-order valence-corrected chi connectivity index (χ0v) is 17.8. The van der Waals surface area contributed by atoms with Gasteiger partial charge in [0.1, 0.15) is 0 Å². The molecule has 0 aliphatic carbocycles. The Morgan fingerprint density at radius 1 is 1.29 bits per heavy atom. The second kappa shape index (κ2) is 10.6. The van der Waals surface area contributed by atoms with Crippen LogP contribution in [0.5, 0.6) is 0 Å². The molecule has 1 aliphatic heterocycles. The molecule has 166 valence electrons. The molecule has 1 fully saturated rings. The molecule has 1 aliphatic rings. The summed E-state index contributed by atoms with van der Waals surface area (Å²) in [7, 11) is 1.59. The zero-order valence-electron chi connectivity index (χ0n) is 17.8. The summed E-state index contributed by atoms with van der Waals surface area (Å²) < 4.78 is 10.3. The van der Waals surface area contributed by atoms with Crippen LogP contribution in [0.3, 0.4) is 0 Å². The maximum absolute atomic E-state index is 12.6. The van der Waals surface area contributed by atoms with Crippen LogP contribution in [-0.2, 0) is 25.5 Å². The van der Waals surface area contributed by atoms with Crippen LogP contribution in [0.15, 0.2) is 29.0 Å². The molecule has 10 heteroatoms. The fourth-order valence-corrected chi connectivity index (χ4v) is 3.43. The van der Waals surface area contributed by atoms with E-state index in [1.54, 1.807) is 43.4 Å². The van der Waals surface area contributed by atoms with Gasteiger partial charge in [0.15, 0.2) is 0 Å². The minimum Gasteiger partial charge on any atom is -0.466 e. The highest BCUT2D eigenvalue weighted by atomic mass is 16.5. The molecule has 2 aromatic rings. The molecular formula is C21H27N5O5. The second-order valence-corrected chi connectivity index (χ2v) is 7.43. The van der Waals surface area contributed by atoms with E-state index < -0.39 is 0 Å². The third-order valence-corrected chi connectivity index (χ3v) is 5.15. The molecule has 2 aromatic heterocycles. The summed E-state index contributed by atoms with van der Waals surface area (Å²) in [6, 6.07) is 3.54. The van der Waals surface area contributed by atoms with E-state index in [1.165, 1.54) is 4.90 Å². The van der Waals surface area contributed by atoms with Crippen molar-refractivity contribution < 1.29 is 23.6 Å². The molecule has 31 heavy (non-hydrogen) atoms. The number of esters is 1. The summed E-state index contributed by atoms with van der Waals surface area (Å²) in [6.45, 7) is 2.96. The van der Waals surface area contributed by atoms with Gasteiger partial charge in [-0.1, -0.05) is 5.16 Å². The van der Waals surface area contributed by atoms with Crippen molar-refractivity contribution in [1.82, 2.24) is 24.9 Å². The van der Waals surface area contributed by atoms with E-state index in [2.05, 4.69) is 15.1 Å². The summed E-state index contributed by atoms with van der Waals surface area (Å²) in [5, 5.41) is 3.92. The molecule has 1 saturated heterocycles. The van der Waals surface area contributed by atoms with Gasteiger partial charge in [0.25, 0.3) is 0 Å². The van der Waals surface area contributed by atoms with Crippen molar-refractivity contribution in [3.63, 3.8) is 0 Å². The van der Waals surface area contributed by atoms with Crippen molar-refractivity contribution in [3.8, 4) is 11.4 Å². The number of aromatic nitrogens is 3. The average molecular weight is 429 g/mol. The molecule has 1 atom stereocenters. The number of carbonyl (C=O) groups excluding carboxylic acids is 3. The summed E-state index contributed by atoms with van der Waals surface area (Å²) >= 11 is 0. The monoisotopic (exact) mass is 429 g/mol. The first kappa shape index (κ1) is 22.4. The van der Waals surface area contributed by atoms with Crippen LogP contribution < -0.4 is 0 Å². The number of aryl methyl sites for hydroxylation is 1. The summed E-state index contributed by atoms with van der Waals surface area (Å²) in [5.41, 5.74) is 0.779. The van der Waals surface area contributed by atoms with Gasteiger partial charge in [0, 0.05) is 50.9 Å². The van der Waals surface area contributed by atoms with E-state index in [0.717, 1.165) is 12.0 Å². The van der Waals surface area contributed by atoms with Gasteiger partial charge in [-0.25, -0.2) is 0 Å². The predicted molar refractivity (Wildman–Crippen MR) is 109 cm³/mol. The summed E-state index contributed by atoms with van der Waals surface area (Å²) in [4.78, 5) is 48.3. The van der Waals surface area contributed by atoms with Crippen LogP contribution in [0.4, 0.5) is 0 Å². The molecule has 1 unspecified atom stereocenters. The van der Waals surface area contributed by atoms with Crippen LogP contribution in [-0.4, -0.2) is 76.0 Å². The number of nitrogens with zero attached hydrogens (tertiary/aromatic N) is 5. The lowest BCUT2D eigenvalue weighted by atomic mass is 9.98. The number of amides is 2. The Hall–Kier alpha value is -3.30. The molecule has 0 bridgehead atoms. The quantitative estimate of drug-likeness (QED) is 0.577. The number of ether oxygens (including phenoxy) is 1. The predicted octanol–water partition coefficient (Wildman–Crippen LogP) is 1.32. The number of hydrogen-bond acceptors (Lipinski definition) is 8. The van der Waals surface area contributed by atoms with Crippen LogP contribution in [0.25, 0.3) is 11.4 Å². The average Bonchev–Trinajstić information content (AvgIpc) is 3.27. The zero-order chi connectivity index (χ0) is 22.2. The van der Waals surface area contributed by atoms with Crippen molar-refractivity contribution in [3.05, 3.63) is 30.4 Å². The number of likely N-dealkylation sites (N-methyl/N-ethyl adjacent to an activating group) is 1. The Balaban J connectivity index is 1.46. The van der Waals surface area contributed by atoms with Gasteiger partial charge in [0.05, 0.1) is 19.1 Å². The molecule has 3 heterocycles. The van der Waals surface area contributed by atoms with Crippen LogP contribution in [0.1, 0.15) is 32.1 Å². The lowest BCUT2D eigenvalue weighted by molar-refractivity contribution is -0.152. The Bertz CT molecular complexity index is 901. The van der Waals surface area contributed by atoms with E-state index in [4.69, 9.17) is 9.26 Å². The molecule has 0 spiro atoms. The molecule has 10 nitrogen and oxygen atoms in total. The first-order chi connectivity index (χ1) is 15.0. The van der Waals surface area contributed by atoms with E-state index in [9.17, 15) is 14.4 Å². The topological polar surface area (TPSA) is 119 Å². The maximum atomic E-state index is 12.6. The molecular weight excluding hydrogens is 402 g/mol. The van der Waals surface area contributed by atoms with Gasteiger partial charge < -0.3 is 19.1 Å². The molecule has 3 rings (SSSR count). The number of likely N-dealkylation sites (tertiary alicyclic amines) is 1. The van der Waals surface area contributed by atoms with Gasteiger partial charge in [0.2, 0.25) is 23.5 Å².